The molecule has 0 spiro atoms. The fraction of sp³-hybridized carbons (Fsp3) is 0.400. The summed E-state index contributed by atoms with van der Waals surface area (Å²) in [4.78, 5) is 0. The molecule has 0 amide bonds. The van der Waals surface area contributed by atoms with Crippen molar-refractivity contribution < 1.29 is 10.2 Å². The molecule has 0 radical (unpaired) electrons. The molecule has 0 aliphatic carbocycles. The number of rotatable bonds is 2. The van der Waals surface area contributed by atoms with E-state index in [4.69, 9.17) is 5.11 Å². The zero-order valence-electron chi connectivity index (χ0n) is 7.41. The van der Waals surface area contributed by atoms with Crippen LogP contribution in [0.5, 0.6) is 0 Å². The number of hydrogen-bond acceptors (Lipinski definition) is 2. The average Bonchev–Trinajstić information content (AvgIpc) is 2.03. The SMILES string of the molecule is Cc1cccc(C(C)O)c1CO. The third-order valence-corrected chi connectivity index (χ3v) is 2.05. The Bertz CT molecular complexity index is 267. The van der Waals surface area contributed by atoms with Gasteiger partial charge in [0.15, 0.2) is 0 Å². The van der Waals surface area contributed by atoms with Crippen LogP contribution < -0.4 is 0 Å². The Hall–Kier alpha value is -0.860. The third-order valence-electron chi connectivity index (χ3n) is 2.05. The van der Waals surface area contributed by atoms with Crippen molar-refractivity contribution in [2.75, 3.05) is 0 Å². The molecule has 0 aromatic heterocycles. The van der Waals surface area contributed by atoms with Crippen molar-refractivity contribution in [3.05, 3.63) is 34.9 Å². The number of aliphatic hydroxyl groups is 2. The third kappa shape index (κ3) is 1.65. The summed E-state index contributed by atoms with van der Waals surface area (Å²) in [5.74, 6) is 0. The van der Waals surface area contributed by atoms with Crippen molar-refractivity contribution in [2.24, 2.45) is 0 Å². The van der Waals surface area contributed by atoms with Gasteiger partial charge in [0.2, 0.25) is 0 Å². The monoisotopic (exact) mass is 166 g/mol. The summed E-state index contributed by atoms with van der Waals surface area (Å²) in [6.07, 6.45) is -0.507. The minimum absolute atomic E-state index is 0.00704. The van der Waals surface area contributed by atoms with Gasteiger partial charge < -0.3 is 10.2 Å². The highest BCUT2D eigenvalue weighted by atomic mass is 16.3. The van der Waals surface area contributed by atoms with Gasteiger partial charge in [-0.15, -0.1) is 0 Å². The molecule has 0 aliphatic rings. The first-order chi connectivity index (χ1) is 5.66. The van der Waals surface area contributed by atoms with Gasteiger partial charge in [0.05, 0.1) is 12.7 Å². The molecule has 66 valence electrons. The predicted octanol–water partition coefficient (Wildman–Crippen LogP) is 1.54. The molecule has 1 aromatic carbocycles. The zero-order valence-corrected chi connectivity index (χ0v) is 7.41. The molecule has 12 heavy (non-hydrogen) atoms. The molecule has 2 heteroatoms. The normalized spacial score (nSPS) is 13.0. The van der Waals surface area contributed by atoms with Crippen molar-refractivity contribution in [3.8, 4) is 0 Å². The smallest absolute Gasteiger partial charge is 0.0765 e. The van der Waals surface area contributed by atoms with Crippen molar-refractivity contribution in [1.29, 1.82) is 0 Å². The Morgan fingerprint density at radius 1 is 1.42 bits per heavy atom. The summed E-state index contributed by atoms with van der Waals surface area (Å²) in [7, 11) is 0. The average molecular weight is 166 g/mol. The van der Waals surface area contributed by atoms with Crippen LogP contribution in [0.4, 0.5) is 0 Å². The predicted molar refractivity (Wildman–Crippen MR) is 47.7 cm³/mol. The Balaban J connectivity index is 3.18. The molecule has 1 atom stereocenters. The van der Waals surface area contributed by atoms with Crippen LogP contribution in [0.1, 0.15) is 29.7 Å². The number of aliphatic hydroxyl groups excluding tert-OH is 2. The van der Waals surface area contributed by atoms with Gasteiger partial charge in [-0.1, -0.05) is 18.2 Å². The van der Waals surface area contributed by atoms with Gasteiger partial charge in [0.1, 0.15) is 0 Å². The molecular weight excluding hydrogens is 152 g/mol. The summed E-state index contributed by atoms with van der Waals surface area (Å²) in [6.45, 7) is 3.62. The maximum Gasteiger partial charge on any atom is 0.0765 e. The van der Waals surface area contributed by atoms with Crippen LogP contribution >= 0.6 is 0 Å². The van der Waals surface area contributed by atoms with Crippen LogP contribution in [0.2, 0.25) is 0 Å². The van der Waals surface area contributed by atoms with Gasteiger partial charge in [0, 0.05) is 0 Å². The van der Waals surface area contributed by atoms with E-state index < -0.39 is 6.10 Å². The molecule has 1 aromatic rings. The summed E-state index contributed by atoms with van der Waals surface area (Å²) < 4.78 is 0. The van der Waals surface area contributed by atoms with Gasteiger partial charge in [0.25, 0.3) is 0 Å². The van der Waals surface area contributed by atoms with Crippen molar-refractivity contribution in [3.63, 3.8) is 0 Å². The van der Waals surface area contributed by atoms with E-state index in [-0.39, 0.29) is 6.61 Å². The first-order valence-corrected chi connectivity index (χ1v) is 4.04. The highest BCUT2D eigenvalue weighted by Crippen LogP contribution is 2.20. The summed E-state index contributed by atoms with van der Waals surface area (Å²) >= 11 is 0. The van der Waals surface area contributed by atoms with Gasteiger partial charge >= 0.3 is 0 Å². The van der Waals surface area contributed by atoms with Crippen molar-refractivity contribution in [2.45, 2.75) is 26.6 Å². The molecule has 0 saturated heterocycles. The minimum Gasteiger partial charge on any atom is -0.392 e. The second-order valence-corrected chi connectivity index (χ2v) is 2.98. The first kappa shape index (κ1) is 9.23. The van der Waals surface area contributed by atoms with Gasteiger partial charge in [-0.25, -0.2) is 0 Å². The minimum atomic E-state index is -0.507. The van der Waals surface area contributed by atoms with Crippen molar-refractivity contribution in [1.82, 2.24) is 0 Å². The number of benzene rings is 1. The molecule has 2 nitrogen and oxygen atoms in total. The quantitative estimate of drug-likeness (QED) is 0.699. The van der Waals surface area contributed by atoms with E-state index in [0.29, 0.717) is 0 Å². The summed E-state index contributed by atoms with van der Waals surface area (Å²) in [5, 5.41) is 18.4. The lowest BCUT2D eigenvalue weighted by Gasteiger charge is -2.12. The van der Waals surface area contributed by atoms with Crippen LogP contribution in [0.3, 0.4) is 0 Å². The second kappa shape index (κ2) is 3.70. The molecule has 0 bridgehead atoms. The first-order valence-electron chi connectivity index (χ1n) is 4.04. The van der Waals surface area contributed by atoms with Crippen LogP contribution in [-0.4, -0.2) is 10.2 Å². The Labute approximate surface area is 72.5 Å². The fourth-order valence-corrected chi connectivity index (χ4v) is 1.33. The lowest BCUT2D eigenvalue weighted by molar-refractivity contribution is 0.193. The molecular formula is C10H14O2. The zero-order chi connectivity index (χ0) is 9.14. The Kier molecular flexibility index (Phi) is 2.84. The highest BCUT2D eigenvalue weighted by Gasteiger charge is 2.07. The van der Waals surface area contributed by atoms with Gasteiger partial charge in [-0.2, -0.15) is 0 Å². The topological polar surface area (TPSA) is 40.5 Å². The molecule has 0 fully saturated rings. The maximum atomic E-state index is 9.35. The number of hydrogen-bond donors (Lipinski definition) is 2. The van der Waals surface area contributed by atoms with E-state index in [1.54, 1.807) is 6.92 Å². The molecule has 0 aliphatic heterocycles. The molecule has 1 rings (SSSR count). The fourth-order valence-electron chi connectivity index (χ4n) is 1.33. The molecule has 0 saturated carbocycles. The van der Waals surface area contributed by atoms with E-state index in [9.17, 15) is 5.11 Å². The van der Waals surface area contributed by atoms with Gasteiger partial charge in [-0.05, 0) is 30.5 Å². The second-order valence-electron chi connectivity index (χ2n) is 2.98. The molecule has 0 heterocycles. The van der Waals surface area contributed by atoms with E-state index >= 15 is 0 Å². The lowest BCUT2D eigenvalue weighted by atomic mass is 9.99. The molecule has 1 unspecified atom stereocenters. The van der Waals surface area contributed by atoms with E-state index in [1.807, 2.05) is 25.1 Å². The van der Waals surface area contributed by atoms with Crippen molar-refractivity contribution >= 4 is 0 Å². The van der Waals surface area contributed by atoms with E-state index in [1.165, 1.54) is 0 Å². The molecule has 2 N–H and O–H groups in total. The summed E-state index contributed by atoms with van der Waals surface area (Å²) in [5.41, 5.74) is 2.68. The highest BCUT2D eigenvalue weighted by molar-refractivity contribution is 5.34. The van der Waals surface area contributed by atoms with Crippen LogP contribution in [0, 0.1) is 6.92 Å². The van der Waals surface area contributed by atoms with E-state index in [2.05, 4.69) is 0 Å². The standard InChI is InChI=1S/C10H14O2/c1-7-4-3-5-9(8(2)12)10(7)6-11/h3-5,8,11-12H,6H2,1-2H3. The maximum absolute atomic E-state index is 9.35. The Morgan fingerprint density at radius 2 is 2.08 bits per heavy atom. The summed E-state index contributed by atoms with van der Waals surface area (Å²) in [6, 6.07) is 5.65. The van der Waals surface area contributed by atoms with Crippen LogP contribution in [0.15, 0.2) is 18.2 Å². The van der Waals surface area contributed by atoms with Gasteiger partial charge in [-0.3, -0.25) is 0 Å². The lowest BCUT2D eigenvalue weighted by Crippen LogP contribution is -2.00. The number of aryl methyl sites for hydroxylation is 1. The van der Waals surface area contributed by atoms with E-state index in [0.717, 1.165) is 16.7 Å². The Morgan fingerprint density at radius 3 is 2.50 bits per heavy atom. The largest absolute Gasteiger partial charge is 0.392 e. The van der Waals surface area contributed by atoms with Crippen LogP contribution in [-0.2, 0) is 6.61 Å². The van der Waals surface area contributed by atoms with Crippen LogP contribution in [0.25, 0.3) is 0 Å².